The minimum Gasteiger partial charge on any atom is -0.414 e. The van der Waals surface area contributed by atoms with Gasteiger partial charge < -0.3 is 13.6 Å². The van der Waals surface area contributed by atoms with E-state index in [0.717, 1.165) is 0 Å². The third kappa shape index (κ3) is 5.20. The number of fused-ring (bicyclic) bond motifs is 1. The zero-order valence-electron chi connectivity index (χ0n) is 21.4. The Morgan fingerprint density at radius 2 is 1.64 bits per heavy atom. The molecule has 11 heteroatoms. The SMILES string of the molecule is CC(C)(C)[Si](C)(C)OC[C@H]1O[C@@H](n2cnc3c(Cl)ncnc32)[C@H](F)[C@@H]1O[Si](C)(C)C(C)(C)C. The molecule has 0 saturated carbocycles. The molecule has 0 spiro atoms. The molecule has 1 aliphatic rings. The minimum atomic E-state index is -2.28. The van der Waals surface area contributed by atoms with E-state index >= 15 is 4.39 Å². The summed E-state index contributed by atoms with van der Waals surface area (Å²) in [5, 5.41) is 0.182. The fraction of sp³-hybridized carbons (Fsp3) is 0.773. The molecule has 7 nitrogen and oxygen atoms in total. The van der Waals surface area contributed by atoms with Gasteiger partial charge in [-0.3, -0.25) is 4.57 Å². The van der Waals surface area contributed by atoms with Gasteiger partial charge in [0.25, 0.3) is 0 Å². The maximum atomic E-state index is 16.1. The molecule has 0 aliphatic carbocycles. The molecule has 0 unspecified atom stereocenters. The third-order valence-electron chi connectivity index (χ3n) is 7.51. The number of ether oxygens (including phenoxy) is 1. The van der Waals surface area contributed by atoms with Gasteiger partial charge in [-0.25, -0.2) is 19.3 Å². The molecule has 33 heavy (non-hydrogen) atoms. The lowest BCUT2D eigenvalue weighted by Crippen LogP contribution is -2.50. The Bertz CT molecular complexity index is 990. The highest BCUT2D eigenvalue weighted by Gasteiger charge is 2.52. The van der Waals surface area contributed by atoms with Crippen LogP contribution in [0.25, 0.3) is 11.2 Å². The van der Waals surface area contributed by atoms with Gasteiger partial charge in [-0.05, 0) is 36.3 Å². The van der Waals surface area contributed by atoms with Gasteiger partial charge in [0.05, 0.1) is 12.9 Å². The third-order valence-corrected chi connectivity index (χ3v) is 16.8. The number of alkyl halides is 1. The summed E-state index contributed by atoms with van der Waals surface area (Å²) in [5.74, 6) is 0. The number of halogens is 2. The lowest BCUT2D eigenvalue weighted by molar-refractivity contribution is -0.0421. The molecule has 2 aromatic rings. The molecule has 0 amide bonds. The van der Waals surface area contributed by atoms with Crippen LogP contribution in [0.2, 0.25) is 41.4 Å². The number of hydrogen-bond acceptors (Lipinski definition) is 6. The Kier molecular flexibility index (Phi) is 7.23. The second-order valence-electron chi connectivity index (χ2n) is 11.9. The van der Waals surface area contributed by atoms with E-state index in [1.165, 1.54) is 12.7 Å². The van der Waals surface area contributed by atoms with Crippen molar-refractivity contribution in [2.45, 2.75) is 102 Å². The van der Waals surface area contributed by atoms with Crippen LogP contribution < -0.4 is 0 Å². The lowest BCUT2D eigenvalue weighted by atomic mass is 10.1. The van der Waals surface area contributed by atoms with E-state index in [-0.39, 0.29) is 21.8 Å². The summed E-state index contributed by atoms with van der Waals surface area (Å²) in [7, 11) is -4.34. The summed E-state index contributed by atoms with van der Waals surface area (Å²) in [6.07, 6.45) is -0.823. The molecule has 2 aromatic heterocycles. The summed E-state index contributed by atoms with van der Waals surface area (Å²) in [6.45, 7) is 21.8. The summed E-state index contributed by atoms with van der Waals surface area (Å²) >= 11 is 6.15. The van der Waals surface area contributed by atoms with Gasteiger partial charge >= 0.3 is 0 Å². The lowest BCUT2D eigenvalue weighted by Gasteiger charge is -2.40. The average Bonchev–Trinajstić information content (AvgIpc) is 3.21. The molecule has 1 saturated heterocycles. The highest BCUT2D eigenvalue weighted by atomic mass is 35.5. The van der Waals surface area contributed by atoms with Crippen LogP contribution in [-0.2, 0) is 13.6 Å². The highest BCUT2D eigenvalue weighted by Crippen LogP contribution is 2.44. The molecule has 1 fully saturated rings. The van der Waals surface area contributed by atoms with E-state index < -0.39 is 41.2 Å². The summed E-state index contributed by atoms with van der Waals surface area (Å²) in [4.78, 5) is 12.5. The van der Waals surface area contributed by atoms with Crippen LogP contribution in [0, 0.1) is 0 Å². The first-order valence-electron chi connectivity index (χ1n) is 11.4. The summed E-state index contributed by atoms with van der Waals surface area (Å²) in [5.41, 5.74) is 0.845. The monoisotopic (exact) mass is 516 g/mol. The van der Waals surface area contributed by atoms with E-state index in [4.69, 9.17) is 25.2 Å². The van der Waals surface area contributed by atoms with Crippen LogP contribution in [0.1, 0.15) is 47.8 Å². The maximum absolute atomic E-state index is 16.1. The van der Waals surface area contributed by atoms with Crippen molar-refractivity contribution < 1.29 is 18.0 Å². The Labute approximate surface area is 203 Å². The van der Waals surface area contributed by atoms with E-state index in [9.17, 15) is 0 Å². The van der Waals surface area contributed by atoms with Crippen molar-refractivity contribution in [2.24, 2.45) is 0 Å². The van der Waals surface area contributed by atoms with Crippen molar-refractivity contribution in [2.75, 3.05) is 6.61 Å². The van der Waals surface area contributed by atoms with Crippen LogP contribution >= 0.6 is 11.6 Å². The van der Waals surface area contributed by atoms with Crippen molar-refractivity contribution in [3.8, 4) is 0 Å². The first kappa shape index (κ1) is 26.7. The standard InChI is InChI=1S/C22H38ClFN4O3Si2/c1-21(2,3)32(7,8)29-11-14-17(31-33(9,10)22(4,5)6)15(24)20(30-14)28-13-27-16-18(23)25-12-26-19(16)28/h12-15,17,20H,11H2,1-10H3/t14-,15-,17-,20-/m1/s1. The van der Waals surface area contributed by atoms with Crippen LogP contribution in [0.5, 0.6) is 0 Å². The molecule has 3 heterocycles. The van der Waals surface area contributed by atoms with Crippen LogP contribution in [0.4, 0.5) is 4.39 Å². The summed E-state index contributed by atoms with van der Waals surface area (Å²) in [6, 6.07) is 0. The quantitative estimate of drug-likeness (QED) is 0.340. The molecule has 1 aliphatic heterocycles. The van der Waals surface area contributed by atoms with Gasteiger partial charge in [-0.1, -0.05) is 53.1 Å². The fourth-order valence-electron chi connectivity index (χ4n) is 3.23. The molecular formula is C22H38ClFN4O3Si2. The van der Waals surface area contributed by atoms with Crippen molar-refractivity contribution in [3.05, 3.63) is 17.8 Å². The number of nitrogens with zero attached hydrogens (tertiary/aromatic N) is 4. The van der Waals surface area contributed by atoms with Gasteiger partial charge in [0.2, 0.25) is 0 Å². The van der Waals surface area contributed by atoms with Crippen LogP contribution in [0.3, 0.4) is 0 Å². The fourth-order valence-corrected chi connectivity index (χ4v) is 5.73. The molecule has 0 radical (unpaired) electrons. The smallest absolute Gasteiger partial charge is 0.192 e. The second kappa shape index (κ2) is 8.94. The van der Waals surface area contributed by atoms with Gasteiger partial charge in [0.15, 0.2) is 39.8 Å². The summed E-state index contributed by atoms with van der Waals surface area (Å²) < 4.78 is 37.0. The topological polar surface area (TPSA) is 71.3 Å². The minimum absolute atomic E-state index is 0.0319. The molecule has 3 rings (SSSR count). The Balaban J connectivity index is 1.94. The Morgan fingerprint density at radius 3 is 2.21 bits per heavy atom. The predicted molar refractivity (Wildman–Crippen MR) is 134 cm³/mol. The maximum Gasteiger partial charge on any atom is 0.192 e. The van der Waals surface area contributed by atoms with E-state index in [0.29, 0.717) is 11.2 Å². The predicted octanol–water partition coefficient (Wildman–Crippen LogP) is 6.13. The first-order valence-corrected chi connectivity index (χ1v) is 17.6. The molecule has 4 atom stereocenters. The van der Waals surface area contributed by atoms with Crippen LogP contribution in [0.15, 0.2) is 12.7 Å². The molecule has 0 N–H and O–H groups in total. The van der Waals surface area contributed by atoms with Crippen LogP contribution in [-0.4, -0.2) is 61.1 Å². The van der Waals surface area contributed by atoms with Crippen molar-refractivity contribution in [1.82, 2.24) is 19.5 Å². The molecule has 0 bridgehead atoms. The van der Waals surface area contributed by atoms with Gasteiger partial charge in [0, 0.05) is 0 Å². The Hall–Kier alpha value is -0.916. The Morgan fingerprint density at radius 1 is 1.03 bits per heavy atom. The van der Waals surface area contributed by atoms with E-state index in [1.807, 2.05) is 0 Å². The van der Waals surface area contributed by atoms with E-state index in [1.54, 1.807) is 4.57 Å². The normalized spacial score (nSPS) is 25.2. The van der Waals surface area contributed by atoms with Gasteiger partial charge in [0.1, 0.15) is 24.1 Å². The molecule has 0 aromatic carbocycles. The number of imidazole rings is 1. The first-order chi connectivity index (χ1) is 15.0. The second-order valence-corrected chi connectivity index (χ2v) is 21.8. The largest absolute Gasteiger partial charge is 0.414 e. The average molecular weight is 517 g/mol. The number of aromatic nitrogens is 4. The van der Waals surface area contributed by atoms with Gasteiger partial charge in [-0.15, -0.1) is 0 Å². The number of hydrogen-bond donors (Lipinski definition) is 0. The van der Waals surface area contributed by atoms with Crippen molar-refractivity contribution >= 4 is 39.4 Å². The zero-order chi connectivity index (χ0) is 25.0. The highest BCUT2D eigenvalue weighted by molar-refractivity contribution is 6.74. The van der Waals surface area contributed by atoms with Crippen molar-refractivity contribution in [3.63, 3.8) is 0 Å². The van der Waals surface area contributed by atoms with Crippen molar-refractivity contribution in [1.29, 1.82) is 0 Å². The molecular weight excluding hydrogens is 479 g/mol. The zero-order valence-corrected chi connectivity index (χ0v) is 24.2. The molecule has 186 valence electrons. The van der Waals surface area contributed by atoms with Gasteiger partial charge in [-0.2, -0.15) is 0 Å². The number of rotatable bonds is 6. The van der Waals surface area contributed by atoms with E-state index in [2.05, 4.69) is 82.7 Å².